The number of rotatable bonds is 3. The van der Waals surface area contributed by atoms with E-state index < -0.39 is 11.8 Å². The van der Waals surface area contributed by atoms with Crippen molar-refractivity contribution in [3.63, 3.8) is 0 Å². The molecule has 0 aliphatic heterocycles. The molecule has 98 valence electrons. The zero-order valence-electron chi connectivity index (χ0n) is 10.5. The van der Waals surface area contributed by atoms with E-state index in [9.17, 15) is 14.4 Å². The molecule has 0 saturated carbocycles. The molecule has 0 unspecified atom stereocenters. The molecule has 6 nitrogen and oxygen atoms in total. The summed E-state index contributed by atoms with van der Waals surface area (Å²) in [5.41, 5.74) is 0.959. The molecule has 6 heteroatoms. The Bertz CT molecular complexity index is 724. The molecule has 0 spiro atoms. The highest BCUT2D eigenvalue weighted by atomic mass is 16.4. The summed E-state index contributed by atoms with van der Waals surface area (Å²) in [6, 6.07) is 5.99. The lowest BCUT2D eigenvalue weighted by Gasteiger charge is -2.05. The van der Waals surface area contributed by atoms with Gasteiger partial charge in [0.1, 0.15) is 0 Å². The van der Waals surface area contributed by atoms with Crippen LogP contribution >= 0.6 is 0 Å². The summed E-state index contributed by atoms with van der Waals surface area (Å²) >= 11 is 0. The summed E-state index contributed by atoms with van der Waals surface area (Å²) in [6.07, 6.45) is 1.66. The number of carbonyl (C=O) groups is 2. The highest BCUT2D eigenvalue weighted by Gasteiger charge is 2.16. The van der Waals surface area contributed by atoms with E-state index in [1.165, 1.54) is 21.3 Å². The number of benzene rings is 1. The summed E-state index contributed by atoms with van der Waals surface area (Å²) < 4.78 is 2.83. The Morgan fingerprint density at radius 2 is 1.95 bits per heavy atom. The van der Waals surface area contributed by atoms with Crippen LogP contribution in [0.1, 0.15) is 16.1 Å². The zero-order chi connectivity index (χ0) is 14.2. The molecule has 1 aromatic heterocycles. The fraction of sp³-hybridized carbons (Fsp3) is 0.154. The van der Waals surface area contributed by atoms with Crippen LogP contribution in [0.2, 0.25) is 0 Å². The summed E-state index contributed by atoms with van der Waals surface area (Å²) in [5, 5.41) is 8.69. The maximum Gasteiger partial charge on any atom is 0.377 e. The van der Waals surface area contributed by atoms with Crippen LogP contribution in [0.3, 0.4) is 0 Å². The molecule has 0 atom stereocenters. The average molecular weight is 260 g/mol. The van der Waals surface area contributed by atoms with E-state index in [1.54, 1.807) is 32.3 Å². The van der Waals surface area contributed by atoms with Gasteiger partial charge in [0.15, 0.2) is 0 Å². The number of nitrogens with zero attached hydrogens (tertiary/aromatic N) is 2. The number of carbonyl (C=O) groups excluding carboxylic acids is 1. The first-order chi connectivity index (χ1) is 8.91. The number of hydrogen-bond acceptors (Lipinski definition) is 3. The summed E-state index contributed by atoms with van der Waals surface area (Å²) in [7, 11) is 1.62. The van der Waals surface area contributed by atoms with Gasteiger partial charge in [-0.05, 0) is 19.1 Å². The van der Waals surface area contributed by atoms with Gasteiger partial charge in [-0.25, -0.2) is 9.59 Å². The van der Waals surface area contributed by atoms with Crippen LogP contribution in [0.4, 0.5) is 0 Å². The number of aliphatic carboxylic acids is 1. The molecule has 0 amide bonds. The number of Topliss-reactive ketones (excluding diaryl/α,β-unsaturated/α-hetero) is 1. The monoisotopic (exact) mass is 260 g/mol. The van der Waals surface area contributed by atoms with Crippen molar-refractivity contribution in [2.75, 3.05) is 0 Å². The van der Waals surface area contributed by atoms with E-state index in [1.807, 2.05) is 0 Å². The van der Waals surface area contributed by atoms with Crippen LogP contribution in [0.25, 0.3) is 5.69 Å². The predicted molar refractivity (Wildman–Crippen MR) is 67.7 cm³/mol. The van der Waals surface area contributed by atoms with Gasteiger partial charge in [-0.2, -0.15) is 0 Å². The molecule has 0 aliphatic carbocycles. The van der Waals surface area contributed by atoms with Crippen molar-refractivity contribution in [3.8, 4) is 5.69 Å². The van der Waals surface area contributed by atoms with Gasteiger partial charge in [0, 0.05) is 24.5 Å². The molecule has 19 heavy (non-hydrogen) atoms. The largest absolute Gasteiger partial charge is 0.475 e. The number of aryl methyl sites for hydroxylation is 2. The molecule has 0 saturated heterocycles. The molecular formula is C13H12N2O4. The lowest BCUT2D eigenvalue weighted by Crippen LogP contribution is -2.22. The lowest BCUT2D eigenvalue weighted by atomic mass is 10.1. The van der Waals surface area contributed by atoms with Gasteiger partial charge in [-0.15, -0.1) is 0 Å². The predicted octanol–water partition coefficient (Wildman–Crippen LogP) is 0.752. The molecule has 2 aromatic rings. The van der Waals surface area contributed by atoms with E-state index in [2.05, 4.69) is 0 Å². The number of carboxylic acids is 1. The second kappa shape index (κ2) is 4.56. The maximum absolute atomic E-state index is 11.9. The quantitative estimate of drug-likeness (QED) is 0.652. The van der Waals surface area contributed by atoms with Crippen molar-refractivity contribution in [1.29, 1.82) is 0 Å². The first kappa shape index (κ1) is 12.8. The average Bonchev–Trinajstić information content (AvgIpc) is 2.62. The minimum Gasteiger partial charge on any atom is -0.475 e. The number of aromatic nitrogens is 2. The van der Waals surface area contributed by atoms with Gasteiger partial charge in [0.25, 0.3) is 5.78 Å². The van der Waals surface area contributed by atoms with E-state index in [0.717, 1.165) is 0 Å². The van der Waals surface area contributed by atoms with E-state index in [0.29, 0.717) is 11.4 Å². The fourth-order valence-electron chi connectivity index (χ4n) is 1.93. The molecule has 0 fully saturated rings. The van der Waals surface area contributed by atoms with Gasteiger partial charge in [0.05, 0.1) is 5.69 Å². The second-order valence-corrected chi connectivity index (χ2v) is 4.18. The van der Waals surface area contributed by atoms with E-state index >= 15 is 0 Å². The third kappa shape index (κ3) is 2.20. The maximum atomic E-state index is 11.9. The second-order valence-electron chi connectivity index (χ2n) is 4.18. The summed E-state index contributed by atoms with van der Waals surface area (Å²) in [6.45, 7) is 1.76. The standard InChI is InChI=1S/C13H12N2O4/c1-8-7-14(2)13(19)15(8)10-5-3-4-9(6-10)11(16)12(17)18/h3-7H,1-2H3,(H,17,18). The Morgan fingerprint density at radius 1 is 1.26 bits per heavy atom. The molecular weight excluding hydrogens is 248 g/mol. The topological polar surface area (TPSA) is 81.3 Å². The molecule has 2 rings (SSSR count). The first-order valence-corrected chi connectivity index (χ1v) is 5.55. The van der Waals surface area contributed by atoms with Crippen molar-refractivity contribution < 1.29 is 14.7 Å². The highest BCUT2D eigenvalue weighted by Crippen LogP contribution is 2.12. The highest BCUT2D eigenvalue weighted by molar-refractivity contribution is 6.39. The third-order valence-electron chi connectivity index (χ3n) is 2.79. The van der Waals surface area contributed by atoms with Crippen molar-refractivity contribution in [1.82, 2.24) is 9.13 Å². The minimum atomic E-state index is -1.52. The molecule has 1 aromatic carbocycles. The Balaban J connectivity index is 2.59. The summed E-state index contributed by atoms with van der Waals surface area (Å²) in [5.74, 6) is -2.52. The van der Waals surface area contributed by atoms with Crippen LogP contribution < -0.4 is 5.69 Å². The van der Waals surface area contributed by atoms with E-state index in [4.69, 9.17) is 5.11 Å². The number of hydrogen-bond donors (Lipinski definition) is 1. The molecule has 1 N–H and O–H groups in total. The first-order valence-electron chi connectivity index (χ1n) is 5.55. The van der Waals surface area contributed by atoms with E-state index in [-0.39, 0.29) is 11.3 Å². The van der Waals surface area contributed by atoms with Gasteiger partial charge < -0.3 is 9.67 Å². The molecule has 0 radical (unpaired) electrons. The van der Waals surface area contributed by atoms with Crippen LogP contribution in [-0.2, 0) is 11.8 Å². The normalized spacial score (nSPS) is 10.4. The third-order valence-corrected chi connectivity index (χ3v) is 2.79. The van der Waals surface area contributed by atoms with Crippen molar-refractivity contribution in [3.05, 3.63) is 52.2 Å². The Hall–Kier alpha value is -2.63. The Kier molecular flexibility index (Phi) is 3.08. The van der Waals surface area contributed by atoms with Crippen molar-refractivity contribution in [2.24, 2.45) is 7.05 Å². The van der Waals surface area contributed by atoms with Crippen LogP contribution in [0.5, 0.6) is 0 Å². The molecule has 1 heterocycles. The molecule has 0 aliphatic rings. The van der Waals surface area contributed by atoms with Crippen LogP contribution in [-0.4, -0.2) is 26.0 Å². The Morgan fingerprint density at radius 3 is 2.47 bits per heavy atom. The zero-order valence-corrected chi connectivity index (χ0v) is 10.5. The van der Waals surface area contributed by atoms with Crippen molar-refractivity contribution >= 4 is 11.8 Å². The van der Waals surface area contributed by atoms with Crippen LogP contribution in [0.15, 0.2) is 35.3 Å². The van der Waals surface area contributed by atoms with Gasteiger partial charge in [-0.3, -0.25) is 9.36 Å². The lowest BCUT2D eigenvalue weighted by molar-refractivity contribution is -0.131. The number of ketones is 1. The van der Waals surface area contributed by atoms with Crippen molar-refractivity contribution in [2.45, 2.75) is 6.92 Å². The fourth-order valence-corrected chi connectivity index (χ4v) is 1.93. The number of imidazole rings is 1. The van der Waals surface area contributed by atoms with Gasteiger partial charge in [0.2, 0.25) is 0 Å². The Labute approximate surface area is 108 Å². The van der Waals surface area contributed by atoms with Crippen LogP contribution in [0, 0.1) is 6.92 Å². The number of carboxylic acid groups (broad SMARTS) is 1. The summed E-state index contributed by atoms with van der Waals surface area (Å²) in [4.78, 5) is 34.0. The molecule has 0 bridgehead atoms. The van der Waals surface area contributed by atoms with Gasteiger partial charge >= 0.3 is 11.7 Å². The smallest absolute Gasteiger partial charge is 0.377 e. The SMILES string of the molecule is Cc1cn(C)c(=O)n1-c1cccc(C(=O)C(=O)O)c1. The minimum absolute atomic E-state index is 0.0418. The van der Waals surface area contributed by atoms with Gasteiger partial charge in [-0.1, -0.05) is 12.1 Å².